The van der Waals surface area contributed by atoms with E-state index < -0.39 is 36.0 Å². The van der Waals surface area contributed by atoms with Gasteiger partial charge >= 0.3 is 6.03 Å². The fraction of sp³-hybridized carbons (Fsp3) is 0.435. The molecular weight excluding hydrogens is 471 g/mol. The van der Waals surface area contributed by atoms with Crippen LogP contribution in [0.2, 0.25) is 0 Å². The van der Waals surface area contributed by atoms with Gasteiger partial charge in [-0.1, -0.05) is 0 Å². The van der Waals surface area contributed by atoms with E-state index in [1.54, 1.807) is 0 Å². The Labute approximate surface area is 197 Å². The number of carbonyl (C=O) groups is 1. The number of halogens is 5. The first-order chi connectivity index (χ1) is 16.7. The highest BCUT2D eigenvalue weighted by molar-refractivity contribution is 5.92. The van der Waals surface area contributed by atoms with Crippen LogP contribution in [0.25, 0.3) is 22.3 Å². The molecule has 2 amide bonds. The molecule has 35 heavy (non-hydrogen) atoms. The van der Waals surface area contributed by atoms with E-state index in [1.165, 1.54) is 12.3 Å². The van der Waals surface area contributed by atoms with Crippen molar-refractivity contribution in [1.82, 2.24) is 25.2 Å². The summed E-state index contributed by atoms with van der Waals surface area (Å²) in [7, 11) is 0. The van der Waals surface area contributed by atoms with Crippen molar-refractivity contribution >= 4 is 22.9 Å². The summed E-state index contributed by atoms with van der Waals surface area (Å²) < 4.78 is 69.8. The molecule has 1 saturated heterocycles. The Morgan fingerprint density at radius 1 is 1.14 bits per heavy atom. The third-order valence-corrected chi connectivity index (χ3v) is 6.48. The molecule has 0 unspecified atom stereocenters. The van der Waals surface area contributed by atoms with Crippen LogP contribution in [0.4, 0.5) is 32.6 Å². The predicted octanol–water partition coefficient (Wildman–Crippen LogP) is 4.82. The number of likely N-dealkylation sites (tertiary alicyclic amines) is 1. The molecule has 7 nitrogen and oxygen atoms in total. The molecule has 2 aliphatic rings. The highest BCUT2D eigenvalue weighted by atomic mass is 19.3. The van der Waals surface area contributed by atoms with Crippen LogP contribution < -0.4 is 10.6 Å². The number of anilines is 1. The van der Waals surface area contributed by atoms with Crippen LogP contribution in [0.15, 0.2) is 24.5 Å². The standard InChI is InChI=1S/C23H23F5N6O/c24-12-6-15-16(10-30-20(15)29-9-12)19-17(25)8-18(26)21(33-19)31-13-2-1-3-14(7-13)32-22(35)34-5-4-23(27,28)11-34/h6,8-10,13-14H,1-5,7,11H2,(H,29,30)(H,31,33)(H,32,35)/t13-,14+/m0/s1. The van der Waals surface area contributed by atoms with E-state index >= 15 is 0 Å². The number of aromatic nitrogens is 3. The highest BCUT2D eigenvalue weighted by Gasteiger charge is 2.40. The number of urea groups is 1. The van der Waals surface area contributed by atoms with Crippen LogP contribution >= 0.6 is 0 Å². The van der Waals surface area contributed by atoms with E-state index in [9.17, 15) is 26.7 Å². The number of alkyl halides is 2. The van der Waals surface area contributed by atoms with Gasteiger partial charge in [0.25, 0.3) is 5.92 Å². The molecule has 0 spiro atoms. The number of fused-ring (bicyclic) bond motifs is 1. The molecule has 186 valence electrons. The second kappa shape index (κ2) is 8.97. The Kier molecular flexibility index (Phi) is 5.97. The first-order valence-electron chi connectivity index (χ1n) is 11.4. The average Bonchev–Trinajstić information content (AvgIpc) is 3.38. The number of nitrogens with one attached hydrogen (secondary N) is 3. The number of nitrogens with zero attached hydrogens (tertiary/aromatic N) is 3. The normalized spacial score (nSPS) is 21.9. The van der Waals surface area contributed by atoms with Crippen molar-refractivity contribution in [1.29, 1.82) is 0 Å². The van der Waals surface area contributed by atoms with Crippen LogP contribution in [-0.2, 0) is 0 Å². The lowest BCUT2D eigenvalue weighted by Gasteiger charge is -2.32. The number of rotatable bonds is 4. The molecule has 0 radical (unpaired) electrons. The zero-order valence-electron chi connectivity index (χ0n) is 18.6. The fourth-order valence-electron chi connectivity index (χ4n) is 4.75. The van der Waals surface area contributed by atoms with Gasteiger partial charge in [-0.2, -0.15) is 0 Å². The minimum atomic E-state index is -2.87. The molecule has 0 aromatic carbocycles. The van der Waals surface area contributed by atoms with E-state index in [0.29, 0.717) is 42.8 Å². The molecule has 5 rings (SSSR count). The topological polar surface area (TPSA) is 85.9 Å². The quantitative estimate of drug-likeness (QED) is 0.454. The van der Waals surface area contributed by atoms with Crippen molar-refractivity contribution in [3.63, 3.8) is 0 Å². The molecule has 3 N–H and O–H groups in total. The number of aromatic amines is 1. The van der Waals surface area contributed by atoms with Crippen LogP contribution in [0.3, 0.4) is 0 Å². The molecular formula is C23H23F5N6O. The van der Waals surface area contributed by atoms with Crippen LogP contribution in [0.5, 0.6) is 0 Å². The summed E-state index contributed by atoms with van der Waals surface area (Å²) in [5, 5.41) is 6.08. The first kappa shape index (κ1) is 23.3. The molecule has 4 heterocycles. The average molecular weight is 494 g/mol. The van der Waals surface area contributed by atoms with Gasteiger partial charge in [-0.25, -0.2) is 36.7 Å². The van der Waals surface area contributed by atoms with Crippen molar-refractivity contribution in [3.8, 4) is 11.3 Å². The minimum Gasteiger partial charge on any atom is -0.365 e. The monoisotopic (exact) mass is 494 g/mol. The van der Waals surface area contributed by atoms with Crippen molar-refractivity contribution in [2.24, 2.45) is 0 Å². The molecule has 0 bridgehead atoms. The molecule has 2 atom stereocenters. The zero-order valence-corrected chi connectivity index (χ0v) is 18.6. The second-order valence-electron chi connectivity index (χ2n) is 9.08. The summed E-state index contributed by atoms with van der Waals surface area (Å²) in [6.07, 6.45) is 4.55. The lowest BCUT2D eigenvalue weighted by Crippen LogP contribution is -2.47. The maximum Gasteiger partial charge on any atom is 0.317 e. The van der Waals surface area contributed by atoms with E-state index in [2.05, 4.69) is 25.6 Å². The van der Waals surface area contributed by atoms with Crippen molar-refractivity contribution < 1.29 is 26.7 Å². The molecule has 12 heteroatoms. The molecule has 1 aliphatic carbocycles. The van der Waals surface area contributed by atoms with E-state index in [0.717, 1.165) is 11.1 Å². The summed E-state index contributed by atoms with van der Waals surface area (Å²) in [6, 6.07) is 0.800. The molecule has 3 aromatic heterocycles. The minimum absolute atomic E-state index is 0.00598. The Morgan fingerprint density at radius 2 is 1.94 bits per heavy atom. The Morgan fingerprint density at radius 3 is 2.71 bits per heavy atom. The van der Waals surface area contributed by atoms with Crippen molar-refractivity contribution in [2.45, 2.75) is 50.1 Å². The van der Waals surface area contributed by atoms with E-state index in [4.69, 9.17) is 0 Å². The zero-order chi connectivity index (χ0) is 24.7. The molecule has 2 fully saturated rings. The number of hydrogen-bond acceptors (Lipinski definition) is 4. The highest BCUT2D eigenvalue weighted by Crippen LogP contribution is 2.32. The molecule has 3 aromatic rings. The third-order valence-electron chi connectivity index (χ3n) is 6.48. The Hall–Kier alpha value is -3.44. The SMILES string of the molecule is O=C(N[C@@H]1CCC[C@H](Nc2nc(-c3c[nH]c4ncc(F)cc34)c(F)cc2F)C1)N1CCC(F)(F)C1. The maximum atomic E-state index is 14.6. The summed E-state index contributed by atoms with van der Waals surface area (Å²) in [6.45, 7) is -0.609. The summed E-state index contributed by atoms with van der Waals surface area (Å²) >= 11 is 0. The molecule has 1 saturated carbocycles. The summed E-state index contributed by atoms with van der Waals surface area (Å²) in [5.74, 6) is -5.44. The Bertz CT molecular complexity index is 1260. The largest absolute Gasteiger partial charge is 0.365 e. The first-order valence-corrected chi connectivity index (χ1v) is 11.4. The third kappa shape index (κ3) is 4.87. The van der Waals surface area contributed by atoms with Gasteiger partial charge in [0.15, 0.2) is 17.5 Å². The van der Waals surface area contributed by atoms with Gasteiger partial charge in [-0.3, -0.25) is 0 Å². The number of carbonyl (C=O) groups excluding carboxylic acids is 1. The van der Waals surface area contributed by atoms with Gasteiger partial charge in [0.05, 0.1) is 12.7 Å². The van der Waals surface area contributed by atoms with Crippen molar-refractivity contribution in [3.05, 3.63) is 42.0 Å². The van der Waals surface area contributed by atoms with Gasteiger partial charge in [0.2, 0.25) is 0 Å². The number of H-pyrrole nitrogens is 1. The van der Waals surface area contributed by atoms with Crippen LogP contribution in [-0.4, -0.2) is 57.0 Å². The fourth-order valence-corrected chi connectivity index (χ4v) is 4.75. The van der Waals surface area contributed by atoms with Gasteiger partial charge < -0.3 is 20.5 Å². The second-order valence-corrected chi connectivity index (χ2v) is 9.08. The van der Waals surface area contributed by atoms with Gasteiger partial charge in [0, 0.05) is 48.3 Å². The van der Waals surface area contributed by atoms with Gasteiger partial charge in [-0.05, 0) is 31.7 Å². The number of amides is 2. The summed E-state index contributed by atoms with van der Waals surface area (Å²) in [5.41, 5.74) is 0.412. The van der Waals surface area contributed by atoms with Gasteiger partial charge in [-0.15, -0.1) is 0 Å². The molecule has 1 aliphatic heterocycles. The van der Waals surface area contributed by atoms with E-state index in [1.807, 2.05) is 0 Å². The predicted molar refractivity (Wildman–Crippen MR) is 119 cm³/mol. The number of hydrogen-bond donors (Lipinski definition) is 3. The van der Waals surface area contributed by atoms with Crippen molar-refractivity contribution in [2.75, 3.05) is 18.4 Å². The van der Waals surface area contributed by atoms with Gasteiger partial charge in [0.1, 0.15) is 17.2 Å². The lowest BCUT2D eigenvalue weighted by atomic mass is 9.91. The Balaban J connectivity index is 1.31. The maximum absolute atomic E-state index is 14.6. The van der Waals surface area contributed by atoms with Crippen LogP contribution in [0, 0.1) is 17.5 Å². The lowest BCUT2D eigenvalue weighted by molar-refractivity contribution is 0.0152. The number of pyridine rings is 2. The van der Waals surface area contributed by atoms with E-state index in [-0.39, 0.29) is 42.1 Å². The summed E-state index contributed by atoms with van der Waals surface area (Å²) in [4.78, 5) is 24.3. The smallest absolute Gasteiger partial charge is 0.317 e. The van der Waals surface area contributed by atoms with Crippen LogP contribution in [0.1, 0.15) is 32.1 Å².